The third-order valence-electron chi connectivity index (χ3n) is 3.73. The molecule has 0 unspecified atom stereocenters. The van der Waals surface area contributed by atoms with Crippen LogP contribution in [-0.4, -0.2) is 31.9 Å². The van der Waals surface area contributed by atoms with Crippen molar-refractivity contribution in [1.29, 1.82) is 5.26 Å². The smallest absolute Gasteiger partial charge is 0.234 e. The summed E-state index contributed by atoms with van der Waals surface area (Å²) >= 11 is 7.14. The van der Waals surface area contributed by atoms with Gasteiger partial charge in [0.2, 0.25) is 11.1 Å². The van der Waals surface area contributed by atoms with Gasteiger partial charge in [-0.2, -0.15) is 9.94 Å². The van der Waals surface area contributed by atoms with E-state index in [9.17, 15) is 4.79 Å². The Labute approximate surface area is 165 Å². The molecule has 0 saturated carbocycles. The first-order valence-electron chi connectivity index (χ1n) is 7.96. The number of anilines is 1. The van der Waals surface area contributed by atoms with Crippen molar-refractivity contribution in [2.75, 3.05) is 11.1 Å². The van der Waals surface area contributed by atoms with Gasteiger partial charge in [-0.25, -0.2) is 0 Å². The minimum atomic E-state index is -0.283. The van der Waals surface area contributed by atoms with Crippen LogP contribution in [0.1, 0.15) is 16.7 Å². The third-order valence-corrected chi connectivity index (χ3v) is 4.88. The Morgan fingerprint density at radius 1 is 1.30 bits per heavy atom. The van der Waals surface area contributed by atoms with E-state index in [1.165, 1.54) is 11.8 Å². The summed E-state index contributed by atoms with van der Waals surface area (Å²) in [6, 6.07) is 12.7. The molecule has 136 valence electrons. The largest absolute Gasteiger partial charge is 0.324 e. The number of aryl methyl sites for hydroxylation is 2. The zero-order valence-corrected chi connectivity index (χ0v) is 16.2. The highest BCUT2D eigenvalue weighted by molar-refractivity contribution is 7.99. The Bertz CT molecular complexity index is 1040. The van der Waals surface area contributed by atoms with Gasteiger partial charge in [0.25, 0.3) is 0 Å². The van der Waals surface area contributed by atoms with E-state index >= 15 is 0 Å². The summed E-state index contributed by atoms with van der Waals surface area (Å²) in [5, 5.41) is 24.5. The first-order valence-corrected chi connectivity index (χ1v) is 9.32. The maximum absolute atomic E-state index is 12.3. The van der Waals surface area contributed by atoms with Crippen LogP contribution in [0.4, 0.5) is 5.69 Å². The fourth-order valence-corrected chi connectivity index (χ4v) is 3.35. The Morgan fingerprint density at radius 3 is 2.85 bits per heavy atom. The molecule has 0 saturated heterocycles. The second kappa shape index (κ2) is 8.20. The Hall–Kier alpha value is -2.89. The molecular weight excluding hydrogens is 384 g/mol. The number of nitrogens with zero attached hydrogens (tertiary/aromatic N) is 5. The molecule has 0 radical (unpaired) electrons. The highest BCUT2D eigenvalue weighted by Gasteiger charge is 2.14. The highest BCUT2D eigenvalue weighted by Crippen LogP contribution is 2.23. The molecule has 9 heteroatoms. The second-order valence-electron chi connectivity index (χ2n) is 5.80. The summed E-state index contributed by atoms with van der Waals surface area (Å²) in [5.74, 6) is -0.197. The van der Waals surface area contributed by atoms with Gasteiger partial charge in [0.1, 0.15) is 6.07 Å². The molecule has 0 bridgehead atoms. The number of nitriles is 1. The van der Waals surface area contributed by atoms with Gasteiger partial charge >= 0.3 is 0 Å². The Morgan fingerprint density at radius 2 is 2.11 bits per heavy atom. The van der Waals surface area contributed by atoms with Crippen molar-refractivity contribution in [3.63, 3.8) is 0 Å². The summed E-state index contributed by atoms with van der Waals surface area (Å²) in [6.45, 7) is 4.00. The van der Waals surface area contributed by atoms with E-state index in [1.807, 2.05) is 38.1 Å². The molecular formula is C18H15ClN6OS. The van der Waals surface area contributed by atoms with Crippen molar-refractivity contribution < 1.29 is 4.79 Å². The highest BCUT2D eigenvalue weighted by atomic mass is 35.5. The normalized spacial score (nSPS) is 10.4. The molecule has 3 rings (SSSR count). The number of aromatic nitrogens is 4. The molecule has 27 heavy (non-hydrogen) atoms. The van der Waals surface area contributed by atoms with E-state index < -0.39 is 0 Å². The Kier molecular flexibility index (Phi) is 5.74. The van der Waals surface area contributed by atoms with Gasteiger partial charge in [0.15, 0.2) is 0 Å². The number of carbonyl (C=O) groups is 1. The van der Waals surface area contributed by atoms with Crippen LogP contribution in [0.25, 0.3) is 5.69 Å². The number of hydrogen-bond acceptors (Lipinski definition) is 6. The van der Waals surface area contributed by atoms with Crippen molar-refractivity contribution in [3.05, 3.63) is 58.1 Å². The summed E-state index contributed by atoms with van der Waals surface area (Å²) in [7, 11) is 0. The summed E-state index contributed by atoms with van der Waals surface area (Å²) < 4.78 is 1.60. The average molecular weight is 399 g/mol. The van der Waals surface area contributed by atoms with Crippen LogP contribution in [-0.2, 0) is 4.79 Å². The zero-order chi connectivity index (χ0) is 19.4. The van der Waals surface area contributed by atoms with Gasteiger partial charge in [0, 0.05) is 5.02 Å². The van der Waals surface area contributed by atoms with Crippen LogP contribution < -0.4 is 5.32 Å². The molecule has 0 atom stereocenters. The lowest BCUT2D eigenvalue weighted by atomic mass is 10.1. The molecule has 0 aliphatic heterocycles. The van der Waals surface area contributed by atoms with Crippen LogP contribution in [0.3, 0.4) is 0 Å². The molecule has 0 aliphatic carbocycles. The van der Waals surface area contributed by atoms with Gasteiger partial charge < -0.3 is 5.32 Å². The lowest BCUT2D eigenvalue weighted by Crippen LogP contribution is -2.15. The van der Waals surface area contributed by atoms with E-state index in [4.69, 9.17) is 16.9 Å². The molecule has 3 aromatic rings. The first-order chi connectivity index (χ1) is 13.0. The minimum absolute atomic E-state index is 0.0860. The third kappa shape index (κ3) is 4.45. The molecule has 7 nitrogen and oxygen atoms in total. The second-order valence-corrected chi connectivity index (χ2v) is 7.18. The monoisotopic (exact) mass is 398 g/mol. The number of hydrogen-bond donors (Lipinski definition) is 1. The predicted molar refractivity (Wildman–Crippen MR) is 104 cm³/mol. The maximum Gasteiger partial charge on any atom is 0.234 e. The number of thioether (sulfide) groups is 1. The molecule has 2 aromatic carbocycles. The number of nitrogens with one attached hydrogen (secondary N) is 1. The number of carbonyl (C=O) groups excluding carboxylic acids is 1. The number of benzene rings is 2. The fourth-order valence-electron chi connectivity index (χ4n) is 2.50. The van der Waals surface area contributed by atoms with E-state index in [0.29, 0.717) is 21.4 Å². The first kappa shape index (κ1) is 18.9. The van der Waals surface area contributed by atoms with Crippen molar-refractivity contribution >= 4 is 35.0 Å². The quantitative estimate of drug-likeness (QED) is 0.660. The zero-order valence-electron chi connectivity index (χ0n) is 14.6. The number of rotatable bonds is 5. The predicted octanol–water partition coefficient (Wildman–Crippen LogP) is 3.54. The van der Waals surface area contributed by atoms with Crippen molar-refractivity contribution in [2.45, 2.75) is 19.0 Å². The summed E-state index contributed by atoms with van der Waals surface area (Å²) in [4.78, 5) is 12.3. The van der Waals surface area contributed by atoms with Crippen LogP contribution in [0.2, 0.25) is 5.02 Å². The fraction of sp³-hybridized carbons (Fsp3) is 0.167. The number of tetrazole rings is 1. The summed E-state index contributed by atoms with van der Waals surface area (Å²) in [5.41, 5.74) is 3.76. The van der Waals surface area contributed by atoms with Crippen LogP contribution in [0, 0.1) is 25.2 Å². The van der Waals surface area contributed by atoms with Gasteiger partial charge in [-0.15, -0.1) is 5.10 Å². The van der Waals surface area contributed by atoms with Crippen LogP contribution in [0.5, 0.6) is 0 Å². The standard InChI is InChI=1S/C18H15ClN6OS/c1-11-3-6-16(12(2)7-11)25-18(22-23-24-25)27-10-17(26)21-15-8-14(19)5-4-13(15)9-20/h3-8H,10H2,1-2H3,(H,21,26). The van der Waals surface area contributed by atoms with Gasteiger partial charge in [0.05, 0.1) is 22.7 Å². The Balaban J connectivity index is 1.71. The summed E-state index contributed by atoms with van der Waals surface area (Å²) in [6.07, 6.45) is 0. The van der Waals surface area contributed by atoms with Crippen LogP contribution >= 0.6 is 23.4 Å². The van der Waals surface area contributed by atoms with Gasteiger partial charge in [-0.05, 0) is 54.1 Å². The number of amides is 1. The lowest BCUT2D eigenvalue weighted by molar-refractivity contribution is -0.113. The molecule has 1 N–H and O–H groups in total. The van der Waals surface area contributed by atoms with Crippen molar-refractivity contribution in [1.82, 2.24) is 20.2 Å². The molecule has 1 heterocycles. The molecule has 0 spiro atoms. The maximum atomic E-state index is 12.3. The van der Waals surface area contributed by atoms with E-state index in [1.54, 1.807) is 22.9 Å². The van der Waals surface area contributed by atoms with E-state index in [0.717, 1.165) is 16.8 Å². The van der Waals surface area contributed by atoms with Gasteiger partial charge in [-0.3, -0.25) is 4.79 Å². The van der Waals surface area contributed by atoms with Gasteiger partial charge in [-0.1, -0.05) is 41.1 Å². The molecule has 1 aromatic heterocycles. The van der Waals surface area contributed by atoms with Crippen molar-refractivity contribution in [3.8, 4) is 11.8 Å². The molecule has 0 fully saturated rings. The van der Waals surface area contributed by atoms with Crippen molar-refractivity contribution in [2.24, 2.45) is 0 Å². The average Bonchev–Trinajstić information content (AvgIpc) is 3.08. The molecule has 1 amide bonds. The number of halogens is 1. The van der Waals surface area contributed by atoms with E-state index in [-0.39, 0.29) is 11.7 Å². The lowest BCUT2D eigenvalue weighted by Gasteiger charge is -2.09. The van der Waals surface area contributed by atoms with Crippen LogP contribution in [0.15, 0.2) is 41.6 Å². The SMILES string of the molecule is Cc1ccc(-n2nnnc2SCC(=O)Nc2cc(Cl)ccc2C#N)c(C)c1. The van der Waals surface area contributed by atoms with E-state index in [2.05, 4.69) is 20.8 Å². The minimum Gasteiger partial charge on any atom is -0.324 e. The molecule has 0 aliphatic rings. The topological polar surface area (TPSA) is 96.5 Å².